The molecule has 0 saturated heterocycles. The number of hydrogen-bond acceptors (Lipinski definition) is 3. The summed E-state index contributed by atoms with van der Waals surface area (Å²) in [4.78, 5) is 22.8. The number of carboxylic acids is 1. The maximum absolute atomic E-state index is 11.9. The molecular weight excluding hydrogens is 312 g/mol. The van der Waals surface area contributed by atoms with E-state index >= 15 is 0 Å². The summed E-state index contributed by atoms with van der Waals surface area (Å²) in [5.74, 6) is -1.05. The fraction of sp³-hybridized carbons (Fsp3) is 0.385. The smallest absolute Gasteiger partial charge is 0.335 e. The Hall–Kier alpha value is -1.40. The number of halogens is 1. The predicted octanol–water partition coefficient (Wildman–Crippen LogP) is 2.46. The molecule has 1 rings (SSSR count). The first-order valence-electron chi connectivity index (χ1n) is 5.90. The van der Waals surface area contributed by atoms with Crippen LogP contribution >= 0.6 is 15.9 Å². The van der Waals surface area contributed by atoms with Crippen molar-refractivity contribution >= 4 is 33.5 Å². The summed E-state index contributed by atoms with van der Waals surface area (Å²) in [5.41, 5.74) is 6.28. The lowest BCUT2D eigenvalue weighted by Gasteiger charge is -2.15. The minimum atomic E-state index is -1.05. The minimum absolute atomic E-state index is 0.107. The molecule has 0 aliphatic rings. The van der Waals surface area contributed by atoms with Gasteiger partial charge in [-0.1, -0.05) is 13.8 Å². The molecule has 1 atom stereocenters. The molecule has 0 fully saturated rings. The van der Waals surface area contributed by atoms with Crippen molar-refractivity contribution in [2.45, 2.75) is 26.3 Å². The maximum Gasteiger partial charge on any atom is 0.335 e. The highest BCUT2D eigenvalue weighted by Gasteiger charge is 2.17. The Balaban J connectivity index is 2.84. The molecule has 6 heteroatoms. The lowest BCUT2D eigenvalue weighted by Crippen LogP contribution is -2.36. The summed E-state index contributed by atoms with van der Waals surface area (Å²) in [7, 11) is 0. The number of rotatable bonds is 5. The molecule has 19 heavy (non-hydrogen) atoms. The number of carbonyl (C=O) groups excluding carboxylic acids is 1. The van der Waals surface area contributed by atoms with Crippen molar-refractivity contribution in [1.29, 1.82) is 0 Å². The molecule has 1 amide bonds. The number of hydrogen-bond donors (Lipinski definition) is 3. The molecule has 104 valence electrons. The highest BCUT2D eigenvalue weighted by atomic mass is 79.9. The second-order valence-corrected chi connectivity index (χ2v) is 5.58. The lowest BCUT2D eigenvalue weighted by atomic mass is 10.0. The standard InChI is InChI=1S/C13H17BrN2O3/c1-7(2)5-10(15)12(17)16-11-6-8(13(18)19)3-4-9(11)14/h3-4,6-7,10H,5,15H2,1-2H3,(H,16,17)(H,18,19)/t10-/m1/s1. The molecule has 1 aromatic rings. The van der Waals surface area contributed by atoms with Gasteiger partial charge in [0, 0.05) is 4.47 Å². The first-order valence-corrected chi connectivity index (χ1v) is 6.70. The van der Waals surface area contributed by atoms with Gasteiger partial charge in [0.1, 0.15) is 0 Å². The van der Waals surface area contributed by atoms with Gasteiger partial charge in [-0.15, -0.1) is 0 Å². The van der Waals surface area contributed by atoms with E-state index in [4.69, 9.17) is 10.8 Å². The second kappa shape index (κ2) is 6.68. The van der Waals surface area contributed by atoms with E-state index < -0.39 is 12.0 Å². The summed E-state index contributed by atoms with van der Waals surface area (Å²) < 4.78 is 0.614. The van der Waals surface area contributed by atoms with Gasteiger partial charge in [-0.05, 0) is 46.5 Å². The molecule has 1 aromatic carbocycles. The number of carboxylic acid groups (broad SMARTS) is 1. The average molecular weight is 329 g/mol. The van der Waals surface area contributed by atoms with Crippen LogP contribution in [0.3, 0.4) is 0 Å². The summed E-state index contributed by atoms with van der Waals surface area (Å²) >= 11 is 3.26. The Bertz CT molecular complexity index is 489. The van der Waals surface area contributed by atoms with E-state index in [2.05, 4.69) is 21.2 Å². The monoisotopic (exact) mass is 328 g/mol. The third-order valence-corrected chi connectivity index (χ3v) is 3.22. The van der Waals surface area contributed by atoms with Crippen LogP contribution in [0.25, 0.3) is 0 Å². The number of anilines is 1. The maximum atomic E-state index is 11.9. The van der Waals surface area contributed by atoms with Gasteiger partial charge in [0.15, 0.2) is 0 Å². The van der Waals surface area contributed by atoms with Crippen LogP contribution in [0.2, 0.25) is 0 Å². The summed E-state index contributed by atoms with van der Waals surface area (Å²) in [6, 6.07) is 3.82. The first kappa shape index (κ1) is 15.7. The number of nitrogens with two attached hydrogens (primary N) is 1. The van der Waals surface area contributed by atoms with E-state index in [1.165, 1.54) is 12.1 Å². The summed E-state index contributed by atoms with van der Waals surface area (Å²) in [5, 5.41) is 11.5. The molecule has 0 spiro atoms. The van der Waals surface area contributed by atoms with Gasteiger partial charge in [0.05, 0.1) is 17.3 Å². The van der Waals surface area contributed by atoms with Crippen LogP contribution < -0.4 is 11.1 Å². The Morgan fingerprint density at radius 1 is 1.42 bits per heavy atom. The minimum Gasteiger partial charge on any atom is -0.478 e. The highest BCUT2D eigenvalue weighted by Crippen LogP contribution is 2.24. The molecule has 0 heterocycles. The Morgan fingerprint density at radius 3 is 2.58 bits per heavy atom. The lowest BCUT2D eigenvalue weighted by molar-refractivity contribution is -0.117. The molecule has 0 bridgehead atoms. The second-order valence-electron chi connectivity index (χ2n) is 4.73. The van der Waals surface area contributed by atoms with Crippen molar-refractivity contribution in [1.82, 2.24) is 0 Å². The zero-order chi connectivity index (χ0) is 14.6. The number of aromatic carboxylic acids is 1. The molecule has 5 nitrogen and oxygen atoms in total. The Labute approximate surface area is 120 Å². The normalized spacial score (nSPS) is 12.3. The third kappa shape index (κ3) is 4.65. The van der Waals surface area contributed by atoms with Gasteiger partial charge in [-0.25, -0.2) is 4.79 Å². The van der Waals surface area contributed by atoms with Gasteiger partial charge in [0.25, 0.3) is 0 Å². The average Bonchev–Trinajstić information content (AvgIpc) is 2.30. The van der Waals surface area contributed by atoms with E-state index in [0.29, 0.717) is 22.5 Å². The van der Waals surface area contributed by atoms with Crippen LogP contribution in [0.1, 0.15) is 30.6 Å². The van der Waals surface area contributed by atoms with Crippen molar-refractivity contribution in [3.63, 3.8) is 0 Å². The largest absolute Gasteiger partial charge is 0.478 e. The van der Waals surface area contributed by atoms with Crippen LogP contribution in [0, 0.1) is 5.92 Å². The number of amides is 1. The van der Waals surface area contributed by atoms with Crippen molar-refractivity contribution < 1.29 is 14.7 Å². The number of benzene rings is 1. The predicted molar refractivity (Wildman–Crippen MR) is 77.2 cm³/mol. The van der Waals surface area contributed by atoms with Crippen LogP contribution in [0.4, 0.5) is 5.69 Å². The SMILES string of the molecule is CC(C)C[C@@H](N)C(=O)Nc1cc(C(=O)O)ccc1Br. The van der Waals surface area contributed by atoms with E-state index in [1.54, 1.807) is 6.07 Å². The Kier molecular flexibility index (Phi) is 5.50. The molecule has 4 N–H and O–H groups in total. The van der Waals surface area contributed by atoms with Crippen LogP contribution in [-0.4, -0.2) is 23.0 Å². The van der Waals surface area contributed by atoms with Gasteiger partial charge in [0.2, 0.25) is 5.91 Å². The zero-order valence-corrected chi connectivity index (χ0v) is 12.4. The van der Waals surface area contributed by atoms with Crippen molar-refractivity contribution in [3.8, 4) is 0 Å². The number of nitrogens with one attached hydrogen (secondary N) is 1. The van der Waals surface area contributed by atoms with Crippen molar-refractivity contribution in [3.05, 3.63) is 28.2 Å². The van der Waals surface area contributed by atoms with Gasteiger partial charge in [-0.3, -0.25) is 4.79 Å². The third-order valence-electron chi connectivity index (χ3n) is 2.53. The molecule has 0 saturated carbocycles. The molecule has 0 radical (unpaired) electrons. The van der Waals surface area contributed by atoms with Crippen molar-refractivity contribution in [2.75, 3.05) is 5.32 Å². The van der Waals surface area contributed by atoms with Gasteiger partial charge in [-0.2, -0.15) is 0 Å². The fourth-order valence-electron chi connectivity index (χ4n) is 1.59. The van der Waals surface area contributed by atoms with Crippen molar-refractivity contribution in [2.24, 2.45) is 11.7 Å². The fourth-order valence-corrected chi connectivity index (χ4v) is 1.94. The summed E-state index contributed by atoms with van der Waals surface area (Å²) in [6.07, 6.45) is 0.572. The number of carbonyl (C=O) groups is 2. The van der Waals surface area contributed by atoms with Crippen LogP contribution in [0.5, 0.6) is 0 Å². The first-order chi connectivity index (χ1) is 8.81. The molecule has 0 aromatic heterocycles. The topological polar surface area (TPSA) is 92.4 Å². The molecule has 0 aliphatic carbocycles. The van der Waals surface area contributed by atoms with E-state index in [1.807, 2.05) is 13.8 Å². The molecule has 0 aliphatic heterocycles. The van der Waals surface area contributed by atoms with Gasteiger partial charge >= 0.3 is 5.97 Å². The van der Waals surface area contributed by atoms with E-state index in [0.717, 1.165) is 0 Å². The summed E-state index contributed by atoms with van der Waals surface area (Å²) in [6.45, 7) is 3.96. The zero-order valence-electron chi connectivity index (χ0n) is 10.8. The van der Waals surface area contributed by atoms with E-state index in [9.17, 15) is 9.59 Å². The molecule has 0 unspecified atom stereocenters. The van der Waals surface area contributed by atoms with Gasteiger partial charge < -0.3 is 16.2 Å². The van der Waals surface area contributed by atoms with Crippen LogP contribution in [-0.2, 0) is 4.79 Å². The highest BCUT2D eigenvalue weighted by molar-refractivity contribution is 9.10. The quantitative estimate of drug-likeness (QED) is 0.774. The van der Waals surface area contributed by atoms with E-state index in [-0.39, 0.29) is 11.5 Å². The Morgan fingerprint density at radius 2 is 2.05 bits per heavy atom. The van der Waals surface area contributed by atoms with Crippen LogP contribution in [0.15, 0.2) is 22.7 Å². The molecular formula is C13H17BrN2O3.